The molecule has 0 saturated heterocycles. The van der Waals surface area contributed by atoms with Crippen molar-refractivity contribution in [3.63, 3.8) is 0 Å². The molecule has 4 aromatic rings. The number of tetrazole rings is 1. The summed E-state index contributed by atoms with van der Waals surface area (Å²) >= 11 is 0. The summed E-state index contributed by atoms with van der Waals surface area (Å²) in [4.78, 5) is 21.2. The van der Waals surface area contributed by atoms with Gasteiger partial charge in [0.05, 0.1) is 29.0 Å². The maximum absolute atomic E-state index is 12.3. The third-order valence-corrected chi connectivity index (χ3v) is 4.65. The van der Waals surface area contributed by atoms with Crippen molar-refractivity contribution in [3.05, 3.63) is 66.5 Å². The largest absolute Gasteiger partial charge is 0.322 e. The van der Waals surface area contributed by atoms with Gasteiger partial charge in [-0.2, -0.15) is 0 Å². The fraction of sp³-hybridized carbons (Fsp3) is 0.143. The number of carbonyl (C=O) groups excluding carboxylic acids is 1. The van der Waals surface area contributed by atoms with Crippen molar-refractivity contribution >= 4 is 28.7 Å². The van der Waals surface area contributed by atoms with Crippen molar-refractivity contribution in [2.75, 3.05) is 5.32 Å². The summed E-state index contributed by atoms with van der Waals surface area (Å²) in [6, 6.07) is 15.5. The van der Waals surface area contributed by atoms with E-state index in [2.05, 4.69) is 30.8 Å². The number of fused-ring (bicyclic) bond motifs is 1. The smallest absolute Gasteiger partial charge is 0.248 e. The Bertz CT molecular complexity index is 1230. The lowest BCUT2D eigenvalue weighted by atomic mass is 10.2. The molecule has 2 aromatic heterocycles. The van der Waals surface area contributed by atoms with Gasteiger partial charge in [-0.1, -0.05) is 24.3 Å². The molecule has 8 heteroatoms. The van der Waals surface area contributed by atoms with Crippen LogP contribution in [0.1, 0.15) is 24.6 Å². The van der Waals surface area contributed by atoms with Crippen LogP contribution in [0.3, 0.4) is 0 Å². The number of nitrogens with one attached hydrogen (secondary N) is 1. The van der Waals surface area contributed by atoms with Crippen LogP contribution >= 0.6 is 0 Å². The van der Waals surface area contributed by atoms with Crippen LogP contribution in [0.2, 0.25) is 0 Å². The van der Waals surface area contributed by atoms with Gasteiger partial charge < -0.3 is 5.32 Å². The zero-order chi connectivity index (χ0) is 19.6. The Balaban J connectivity index is 1.31. The van der Waals surface area contributed by atoms with Crippen LogP contribution in [0.15, 0.2) is 60.8 Å². The van der Waals surface area contributed by atoms with E-state index in [4.69, 9.17) is 0 Å². The number of nitrogens with zero attached hydrogens (tertiary/aromatic N) is 6. The van der Waals surface area contributed by atoms with Crippen LogP contribution in [0, 0.1) is 0 Å². The third-order valence-electron chi connectivity index (χ3n) is 4.65. The van der Waals surface area contributed by atoms with E-state index in [0.29, 0.717) is 23.2 Å². The lowest BCUT2D eigenvalue weighted by Crippen LogP contribution is -2.08. The molecule has 0 radical (unpaired) electrons. The van der Waals surface area contributed by atoms with Crippen molar-refractivity contribution < 1.29 is 4.79 Å². The number of anilines is 1. The number of carbonyl (C=O) groups is 1. The Morgan fingerprint density at radius 1 is 1.10 bits per heavy atom. The summed E-state index contributed by atoms with van der Waals surface area (Å²) in [6.45, 7) is 0. The molecule has 0 bridgehead atoms. The molecule has 0 atom stereocenters. The minimum atomic E-state index is -0.251. The summed E-state index contributed by atoms with van der Waals surface area (Å²) in [5.41, 5.74) is 3.77. The van der Waals surface area contributed by atoms with E-state index in [-0.39, 0.29) is 5.91 Å². The molecule has 1 saturated carbocycles. The molecule has 0 spiro atoms. The molecule has 1 amide bonds. The highest BCUT2D eigenvalue weighted by molar-refractivity contribution is 6.02. The molecule has 1 aliphatic carbocycles. The van der Waals surface area contributed by atoms with Gasteiger partial charge in [-0.05, 0) is 53.6 Å². The van der Waals surface area contributed by atoms with Crippen LogP contribution < -0.4 is 5.32 Å². The normalized spacial score (nSPS) is 13.8. The van der Waals surface area contributed by atoms with Gasteiger partial charge in [-0.15, -0.1) is 5.10 Å². The van der Waals surface area contributed by atoms with Crippen LogP contribution in [0.25, 0.3) is 28.5 Å². The van der Waals surface area contributed by atoms with Crippen molar-refractivity contribution in [2.45, 2.75) is 18.9 Å². The van der Waals surface area contributed by atoms with E-state index in [1.165, 1.54) is 6.08 Å². The molecule has 29 heavy (non-hydrogen) atoms. The SMILES string of the molecule is O=C(/C=C/c1cnc2ccccc2n1)Nc1cccc(-c2nnnn2C2CC2)c1. The van der Waals surface area contributed by atoms with Crippen LogP contribution in [0.4, 0.5) is 5.69 Å². The first kappa shape index (κ1) is 17.2. The molecule has 0 aliphatic heterocycles. The molecule has 1 aliphatic rings. The Kier molecular flexibility index (Phi) is 4.28. The van der Waals surface area contributed by atoms with Crippen LogP contribution in [-0.2, 0) is 4.79 Å². The first-order valence-electron chi connectivity index (χ1n) is 9.35. The fourth-order valence-electron chi connectivity index (χ4n) is 3.08. The highest BCUT2D eigenvalue weighted by Crippen LogP contribution is 2.36. The van der Waals surface area contributed by atoms with Gasteiger partial charge in [0, 0.05) is 17.3 Å². The average molecular weight is 383 g/mol. The van der Waals surface area contributed by atoms with Gasteiger partial charge in [0.25, 0.3) is 0 Å². The standard InChI is InChI=1S/C21H17N7O/c29-20(11-8-16-13-22-18-6-1-2-7-19(18)23-16)24-15-5-3-4-14(12-15)21-25-26-27-28(21)17-9-10-17/h1-8,11-13,17H,9-10H2,(H,24,29)/b11-8+. The van der Waals surface area contributed by atoms with Crippen LogP contribution in [0.5, 0.6) is 0 Å². The molecule has 2 heterocycles. The van der Waals surface area contributed by atoms with E-state index in [9.17, 15) is 4.79 Å². The fourth-order valence-corrected chi connectivity index (χ4v) is 3.08. The summed E-state index contributed by atoms with van der Waals surface area (Å²) in [5, 5.41) is 14.9. The average Bonchev–Trinajstić information content (AvgIpc) is 3.48. The number of hydrogen-bond donors (Lipinski definition) is 1. The zero-order valence-corrected chi connectivity index (χ0v) is 15.4. The lowest BCUT2D eigenvalue weighted by Gasteiger charge is -2.06. The second kappa shape index (κ2) is 7.23. The molecule has 1 N–H and O–H groups in total. The molecule has 0 unspecified atom stereocenters. The second-order valence-electron chi connectivity index (χ2n) is 6.87. The third kappa shape index (κ3) is 3.73. The molecular formula is C21H17N7O. The Labute approximate surface area is 166 Å². The Morgan fingerprint density at radius 2 is 1.97 bits per heavy atom. The molecule has 1 fully saturated rings. The molecule has 142 valence electrons. The first-order valence-corrected chi connectivity index (χ1v) is 9.35. The Hall–Kier alpha value is -3.94. The van der Waals surface area contributed by atoms with Crippen molar-refractivity contribution in [1.82, 2.24) is 30.2 Å². The van der Waals surface area contributed by atoms with E-state index >= 15 is 0 Å². The number of benzene rings is 2. The minimum Gasteiger partial charge on any atom is -0.322 e. The van der Waals surface area contributed by atoms with Crippen molar-refractivity contribution in [2.24, 2.45) is 0 Å². The van der Waals surface area contributed by atoms with Crippen molar-refractivity contribution in [3.8, 4) is 11.4 Å². The summed E-state index contributed by atoms with van der Waals surface area (Å²) in [7, 11) is 0. The Morgan fingerprint density at radius 3 is 2.83 bits per heavy atom. The topological polar surface area (TPSA) is 98.5 Å². The molecule has 2 aromatic carbocycles. The zero-order valence-electron chi connectivity index (χ0n) is 15.4. The monoisotopic (exact) mass is 383 g/mol. The molecule has 8 nitrogen and oxygen atoms in total. The molecule has 5 rings (SSSR count). The van der Waals surface area contributed by atoms with E-state index < -0.39 is 0 Å². The maximum atomic E-state index is 12.3. The van der Waals surface area contributed by atoms with Gasteiger partial charge >= 0.3 is 0 Å². The maximum Gasteiger partial charge on any atom is 0.248 e. The first-order chi connectivity index (χ1) is 14.3. The quantitative estimate of drug-likeness (QED) is 0.531. The minimum absolute atomic E-state index is 0.251. The predicted molar refractivity (Wildman–Crippen MR) is 109 cm³/mol. The highest BCUT2D eigenvalue weighted by Gasteiger charge is 2.28. The van der Waals surface area contributed by atoms with Gasteiger partial charge in [-0.25, -0.2) is 9.67 Å². The van der Waals surface area contributed by atoms with Gasteiger partial charge in [0.15, 0.2) is 5.82 Å². The van der Waals surface area contributed by atoms with Crippen LogP contribution in [-0.4, -0.2) is 36.1 Å². The van der Waals surface area contributed by atoms with Crippen molar-refractivity contribution in [1.29, 1.82) is 0 Å². The number of aromatic nitrogens is 6. The predicted octanol–water partition coefficient (Wildman–Crippen LogP) is 3.27. The van der Waals surface area contributed by atoms with Gasteiger partial charge in [-0.3, -0.25) is 9.78 Å². The summed E-state index contributed by atoms with van der Waals surface area (Å²) in [6.07, 6.45) is 6.92. The number of amides is 1. The van der Waals surface area contributed by atoms with Gasteiger partial charge in [0.2, 0.25) is 5.91 Å². The summed E-state index contributed by atoms with van der Waals surface area (Å²) < 4.78 is 1.85. The van der Waals surface area contributed by atoms with E-state index in [1.807, 2.05) is 53.2 Å². The van der Waals surface area contributed by atoms with Gasteiger partial charge in [0.1, 0.15) is 0 Å². The lowest BCUT2D eigenvalue weighted by molar-refractivity contribution is -0.111. The second-order valence-corrected chi connectivity index (χ2v) is 6.87. The number of hydrogen-bond acceptors (Lipinski definition) is 6. The highest BCUT2D eigenvalue weighted by atomic mass is 16.1. The summed E-state index contributed by atoms with van der Waals surface area (Å²) in [5.74, 6) is 0.462. The van der Waals surface area contributed by atoms with E-state index in [0.717, 1.165) is 29.4 Å². The number of para-hydroxylation sites is 2. The number of rotatable bonds is 5. The molecular weight excluding hydrogens is 366 g/mol. The van der Waals surface area contributed by atoms with E-state index in [1.54, 1.807) is 12.3 Å².